The van der Waals surface area contributed by atoms with E-state index in [1.165, 1.54) is 0 Å². The molecule has 1 heterocycles. The lowest BCUT2D eigenvalue weighted by molar-refractivity contribution is 0.838. The van der Waals surface area contributed by atoms with Crippen LogP contribution in [0.5, 0.6) is 0 Å². The first kappa shape index (κ1) is 17.6. The minimum Gasteiger partial charge on any atom is -0.224 e. The van der Waals surface area contributed by atoms with Crippen LogP contribution in [0.15, 0.2) is 12.1 Å². The van der Waals surface area contributed by atoms with E-state index in [0.29, 0.717) is 26.9 Å². The Morgan fingerprint density at radius 3 is 1.65 bits per heavy atom. The van der Waals surface area contributed by atoms with Crippen LogP contribution in [0.3, 0.4) is 0 Å². The van der Waals surface area contributed by atoms with Crippen molar-refractivity contribution in [3.63, 3.8) is 0 Å². The standard InChI is InChI=1S/C16H23Cl2NSi/c1-11(2)20(12(3)4,13(5)6)8-7-14-9-15(17)19-16(18)10-14/h9-13H,1-6H3. The zero-order chi connectivity index (χ0) is 15.5. The molecule has 0 aliphatic carbocycles. The molecule has 0 amide bonds. The lowest BCUT2D eigenvalue weighted by atomic mass is 10.3. The number of nitrogens with zero attached hydrogens (tertiary/aromatic N) is 1. The first-order chi connectivity index (χ1) is 9.20. The van der Waals surface area contributed by atoms with Gasteiger partial charge in [-0.15, -0.1) is 5.54 Å². The van der Waals surface area contributed by atoms with Crippen molar-refractivity contribution >= 4 is 31.3 Å². The fourth-order valence-corrected chi connectivity index (χ4v) is 8.84. The second kappa shape index (κ2) is 6.98. The molecular weight excluding hydrogens is 305 g/mol. The van der Waals surface area contributed by atoms with E-state index in [-0.39, 0.29) is 0 Å². The number of aromatic nitrogens is 1. The normalized spacial score (nSPS) is 11.9. The maximum atomic E-state index is 5.94. The molecular formula is C16H23Cl2NSi. The molecule has 1 rings (SSSR count). The first-order valence-corrected chi connectivity index (χ1v) is 10.0. The lowest BCUT2D eigenvalue weighted by Crippen LogP contribution is -2.43. The Labute approximate surface area is 134 Å². The van der Waals surface area contributed by atoms with Gasteiger partial charge in [0, 0.05) is 5.56 Å². The smallest absolute Gasteiger partial charge is 0.146 e. The SMILES string of the molecule is CC(C)[Si](C#Cc1cc(Cl)nc(Cl)c1)(C(C)C)C(C)C. The van der Waals surface area contributed by atoms with E-state index in [9.17, 15) is 0 Å². The maximum Gasteiger partial charge on any atom is 0.146 e. The lowest BCUT2D eigenvalue weighted by Gasteiger charge is -2.38. The quantitative estimate of drug-likeness (QED) is 0.379. The monoisotopic (exact) mass is 327 g/mol. The minimum atomic E-state index is -1.71. The van der Waals surface area contributed by atoms with Gasteiger partial charge in [0.05, 0.1) is 0 Å². The number of pyridine rings is 1. The molecule has 0 aliphatic rings. The van der Waals surface area contributed by atoms with Crippen molar-refractivity contribution in [2.45, 2.75) is 58.2 Å². The summed E-state index contributed by atoms with van der Waals surface area (Å²) in [6.07, 6.45) is 0. The molecule has 1 aromatic heterocycles. The van der Waals surface area contributed by atoms with E-state index in [2.05, 4.69) is 58.0 Å². The molecule has 0 atom stereocenters. The Balaban J connectivity index is 3.30. The number of halogens is 2. The summed E-state index contributed by atoms with van der Waals surface area (Å²) < 4.78 is 0. The molecule has 4 heteroatoms. The van der Waals surface area contributed by atoms with E-state index in [1.807, 2.05) is 0 Å². The van der Waals surface area contributed by atoms with Crippen molar-refractivity contribution in [2.24, 2.45) is 0 Å². The van der Waals surface area contributed by atoms with Crippen molar-refractivity contribution in [3.8, 4) is 11.5 Å². The largest absolute Gasteiger partial charge is 0.224 e. The zero-order valence-electron chi connectivity index (χ0n) is 13.1. The molecule has 0 fully saturated rings. The highest BCUT2D eigenvalue weighted by Gasteiger charge is 2.41. The number of rotatable bonds is 3. The van der Waals surface area contributed by atoms with E-state index in [1.54, 1.807) is 12.1 Å². The molecule has 0 saturated heterocycles. The van der Waals surface area contributed by atoms with Crippen LogP contribution in [0, 0.1) is 11.5 Å². The van der Waals surface area contributed by atoms with Crippen LogP contribution >= 0.6 is 23.2 Å². The maximum absolute atomic E-state index is 5.94. The molecule has 0 radical (unpaired) electrons. The molecule has 0 aromatic carbocycles. The van der Waals surface area contributed by atoms with Crippen LogP contribution in [-0.4, -0.2) is 13.1 Å². The van der Waals surface area contributed by atoms with E-state index in [0.717, 1.165) is 5.56 Å². The van der Waals surface area contributed by atoms with Crippen molar-refractivity contribution in [1.29, 1.82) is 0 Å². The van der Waals surface area contributed by atoms with E-state index >= 15 is 0 Å². The van der Waals surface area contributed by atoms with Gasteiger partial charge in [-0.25, -0.2) is 4.98 Å². The summed E-state index contributed by atoms with van der Waals surface area (Å²) in [4.78, 5) is 3.96. The summed E-state index contributed by atoms with van der Waals surface area (Å²) in [6, 6.07) is 3.56. The average Bonchev–Trinajstić information content (AvgIpc) is 2.26. The van der Waals surface area contributed by atoms with Crippen LogP contribution in [0.2, 0.25) is 26.9 Å². The highest BCUT2D eigenvalue weighted by atomic mass is 35.5. The third kappa shape index (κ3) is 3.78. The van der Waals surface area contributed by atoms with Gasteiger partial charge in [-0.1, -0.05) is 70.7 Å². The topological polar surface area (TPSA) is 12.9 Å². The van der Waals surface area contributed by atoms with Crippen molar-refractivity contribution in [2.75, 3.05) is 0 Å². The third-order valence-electron chi connectivity index (χ3n) is 4.05. The van der Waals surface area contributed by atoms with Gasteiger partial charge in [0.15, 0.2) is 0 Å². The van der Waals surface area contributed by atoms with Gasteiger partial charge in [0.25, 0.3) is 0 Å². The zero-order valence-corrected chi connectivity index (χ0v) is 15.6. The van der Waals surface area contributed by atoms with Crippen LogP contribution in [0.4, 0.5) is 0 Å². The molecule has 0 bridgehead atoms. The van der Waals surface area contributed by atoms with Crippen molar-refractivity contribution in [1.82, 2.24) is 4.98 Å². The van der Waals surface area contributed by atoms with Gasteiger partial charge in [0.2, 0.25) is 0 Å². The highest BCUT2D eigenvalue weighted by molar-refractivity contribution is 6.90. The molecule has 0 spiro atoms. The Morgan fingerprint density at radius 2 is 1.30 bits per heavy atom. The molecule has 0 unspecified atom stereocenters. The second-order valence-electron chi connectivity index (χ2n) is 6.15. The van der Waals surface area contributed by atoms with Crippen molar-refractivity contribution < 1.29 is 0 Å². The Hall–Kier alpha value is -0.493. The summed E-state index contributed by atoms with van der Waals surface area (Å²) in [7, 11) is -1.71. The fraction of sp³-hybridized carbons (Fsp3) is 0.562. The predicted molar refractivity (Wildman–Crippen MR) is 92.2 cm³/mol. The van der Waals surface area contributed by atoms with Gasteiger partial charge >= 0.3 is 0 Å². The summed E-state index contributed by atoms with van der Waals surface area (Å²) in [5.41, 5.74) is 6.34. The van der Waals surface area contributed by atoms with Gasteiger partial charge in [-0.2, -0.15) is 0 Å². The van der Waals surface area contributed by atoms with Gasteiger partial charge in [-0.3, -0.25) is 0 Å². The second-order valence-corrected chi connectivity index (χ2v) is 12.5. The summed E-state index contributed by atoms with van der Waals surface area (Å²) in [6.45, 7) is 13.8. The van der Waals surface area contributed by atoms with Crippen LogP contribution in [0.1, 0.15) is 47.1 Å². The summed E-state index contributed by atoms with van der Waals surface area (Å²) in [5.74, 6) is 3.31. The fourth-order valence-electron chi connectivity index (χ4n) is 3.15. The van der Waals surface area contributed by atoms with Gasteiger partial charge in [0.1, 0.15) is 18.4 Å². The van der Waals surface area contributed by atoms with Crippen LogP contribution in [0.25, 0.3) is 0 Å². The number of hydrogen-bond acceptors (Lipinski definition) is 1. The summed E-state index contributed by atoms with van der Waals surface area (Å²) >= 11 is 11.9. The highest BCUT2D eigenvalue weighted by Crippen LogP contribution is 2.40. The van der Waals surface area contributed by atoms with Gasteiger partial charge in [-0.05, 0) is 28.8 Å². The molecule has 0 N–H and O–H groups in total. The summed E-state index contributed by atoms with van der Waals surface area (Å²) in [5, 5.41) is 0.792. The molecule has 1 aromatic rings. The Kier molecular flexibility index (Phi) is 6.13. The molecule has 0 aliphatic heterocycles. The van der Waals surface area contributed by atoms with E-state index < -0.39 is 8.07 Å². The van der Waals surface area contributed by atoms with E-state index in [4.69, 9.17) is 23.2 Å². The molecule has 110 valence electrons. The van der Waals surface area contributed by atoms with Gasteiger partial charge < -0.3 is 0 Å². The Bertz CT molecular complexity index is 485. The molecule has 0 saturated carbocycles. The van der Waals surface area contributed by atoms with Crippen LogP contribution < -0.4 is 0 Å². The first-order valence-electron chi connectivity index (χ1n) is 7.06. The number of hydrogen-bond donors (Lipinski definition) is 0. The average molecular weight is 328 g/mol. The third-order valence-corrected chi connectivity index (χ3v) is 10.7. The molecule has 1 nitrogen and oxygen atoms in total. The minimum absolute atomic E-state index is 0.396. The molecule has 20 heavy (non-hydrogen) atoms. The van der Waals surface area contributed by atoms with Crippen LogP contribution in [-0.2, 0) is 0 Å². The Morgan fingerprint density at radius 1 is 0.900 bits per heavy atom. The van der Waals surface area contributed by atoms with Crippen molar-refractivity contribution in [3.05, 3.63) is 28.0 Å². The predicted octanol–water partition coefficient (Wildman–Crippen LogP) is 5.96.